The van der Waals surface area contributed by atoms with Gasteiger partial charge in [-0.1, -0.05) is 72.3 Å². The number of rotatable bonds is 5. The van der Waals surface area contributed by atoms with Gasteiger partial charge in [0.05, 0.1) is 24.0 Å². The summed E-state index contributed by atoms with van der Waals surface area (Å²) < 4.78 is 2.25. The maximum atomic E-state index is 9.01. The molecule has 0 bridgehead atoms. The van der Waals surface area contributed by atoms with Crippen LogP contribution in [0.3, 0.4) is 0 Å². The van der Waals surface area contributed by atoms with E-state index >= 15 is 0 Å². The summed E-state index contributed by atoms with van der Waals surface area (Å²) in [6.07, 6.45) is 4.61. The average Bonchev–Trinajstić information content (AvgIpc) is 3.19. The summed E-state index contributed by atoms with van der Waals surface area (Å²) >= 11 is 0. The average molecular weight is 363 g/mol. The molecule has 1 unspecified atom stereocenters. The minimum absolute atomic E-state index is 0.0673. The van der Waals surface area contributed by atoms with Crippen molar-refractivity contribution >= 4 is 0 Å². The molecule has 0 N–H and O–H groups in total. The summed E-state index contributed by atoms with van der Waals surface area (Å²) in [5, 5.41) is 9.01. The van der Waals surface area contributed by atoms with Crippen molar-refractivity contribution in [2.45, 2.75) is 19.4 Å². The maximum Gasteiger partial charge on any atom is 0.0991 e. The molecule has 0 amide bonds. The van der Waals surface area contributed by atoms with E-state index in [-0.39, 0.29) is 6.04 Å². The van der Waals surface area contributed by atoms with Crippen molar-refractivity contribution in [1.82, 2.24) is 9.55 Å². The minimum atomic E-state index is 0.0673. The summed E-state index contributed by atoms with van der Waals surface area (Å²) in [6, 6.07) is 29.2. The van der Waals surface area contributed by atoms with E-state index in [2.05, 4.69) is 71.1 Å². The van der Waals surface area contributed by atoms with E-state index < -0.39 is 0 Å². The van der Waals surface area contributed by atoms with E-state index in [1.165, 1.54) is 16.7 Å². The Balaban J connectivity index is 1.74. The number of hydrogen-bond donors (Lipinski definition) is 0. The summed E-state index contributed by atoms with van der Waals surface area (Å²) in [4.78, 5) is 4.45. The van der Waals surface area contributed by atoms with Gasteiger partial charge in [0.25, 0.3) is 0 Å². The van der Waals surface area contributed by atoms with Crippen LogP contribution >= 0.6 is 0 Å². The predicted octanol–water partition coefficient (Wildman–Crippen LogP) is 5.29. The van der Waals surface area contributed by atoms with Crippen molar-refractivity contribution in [2.75, 3.05) is 0 Å². The molecular formula is C25H21N3. The number of imidazole rings is 1. The molecule has 3 nitrogen and oxygen atoms in total. The second-order valence-electron chi connectivity index (χ2n) is 7.00. The quantitative estimate of drug-likeness (QED) is 0.483. The first-order chi connectivity index (χ1) is 13.7. The Kier molecular flexibility index (Phi) is 5.03. The number of nitrogens with zero attached hydrogens (tertiary/aromatic N) is 3. The Hall–Kier alpha value is -3.64. The van der Waals surface area contributed by atoms with Crippen LogP contribution in [-0.4, -0.2) is 9.55 Å². The molecule has 0 aliphatic heterocycles. The predicted molar refractivity (Wildman–Crippen MR) is 111 cm³/mol. The zero-order valence-electron chi connectivity index (χ0n) is 15.8. The zero-order valence-corrected chi connectivity index (χ0v) is 15.8. The van der Waals surface area contributed by atoms with E-state index in [0.29, 0.717) is 5.56 Å². The Morgan fingerprint density at radius 2 is 1.57 bits per heavy atom. The van der Waals surface area contributed by atoms with Gasteiger partial charge in [-0.15, -0.1) is 0 Å². The second kappa shape index (κ2) is 7.94. The molecule has 1 heterocycles. The topological polar surface area (TPSA) is 41.6 Å². The van der Waals surface area contributed by atoms with Crippen molar-refractivity contribution in [3.05, 3.63) is 125 Å². The third-order valence-corrected chi connectivity index (χ3v) is 5.00. The lowest BCUT2D eigenvalue weighted by Crippen LogP contribution is -2.14. The maximum absolute atomic E-state index is 9.01. The van der Waals surface area contributed by atoms with E-state index in [1.807, 2.05) is 42.9 Å². The zero-order chi connectivity index (χ0) is 19.3. The number of hydrogen-bond acceptors (Lipinski definition) is 2. The van der Waals surface area contributed by atoms with Crippen molar-refractivity contribution < 1.29 is 0 Å². The first-order valence-electron chi connectivity index (χ1n) is 9.36. The molecular weight excluding hydrogens is 342 g/mol. The van der Waals surface area contributed by atoms with Gasteiger partial charge in [-0.2, -0.15) is 5.26 Å². The fourth-order valence-electron chi connectivity index (χ4n) is 3.51. The van der Waals surface area contributed by atoms with Gasteiger partial charge < -0.3 is 4.57 Å². The van der Waals surface area contributed by atoms with Crippen molar-refractivity contribution in [3.8, 4) is 6.07 Å². The smallest absolute Gasteiger partial charge is 0.0991 e. The van der Waals surface area contributed by atoms with Crippen LogP contribution < -0.4 is 0 Å². The van der Waals surface area contributed by atoms with Crippen molar-refractivity contribution in [1.29, 1.82) is 5.26 Å². The summed E-state index contributed by atoms with van der Waals surface area (Å²) in [6.45, 7) is 2.11. The van der Waals surface area contributed by atoms with Gasteiger partial charge in [0.1, 0.15) is 0 Å². The molecule has 28 heavy (non-hydrogen) atoms. The third kappa shape index (κ3) is 3.72. The molecule has 0 saturated heterocycles. The summed E-state index contributed by atoms with van der Waals surface area (Å²) in [5.41, 5.74) is 6.69. The molecule has 136 valence electrons. The molecule has 3 aromatic carbocycles. The molecule has 0 spiro atoms. The molecule has 0 aliphatic rings. The number of benzene rings is 3. The van der Waals surface area contributed by atoms with Gasteiger partial charge in [0.2, 0.25) is 0 Å². The van der Waals surface area contributed by atoms with Gasteiger partial charge in [-0.05, 0) is 35.7 Å². The van der Waals surface area contributed by atoms with E-state index in [1.54, 1.807) is 0 Å². The molecule has 0 saturated carbocycles. The largest absolute Gasteiger partial charge is 0.323 e. The third-order valence-electron chi connectivity index (χ3n) is 5.00. The summed E-state index contributed by atoms with van der Waals surface area (Å²) in [5.74, 6) is 0. The van der Waals surface area contributed by atoms with E-state index in [4.69, 9.17) is 5.26 Å². The van der Waals surface area contributed by atoms with E-state index in [0.717, 1.165) is 17.7 Å². The normalized spacial score (nSPS) is 11.7. The number of nitriles is 1. The van der Waals surface area contributed by atoms with Crippen LogP contribution in [0.25, 0.3) is 0 Å². The van der Waals surface area contributed by atoms with Crippen LogP contribution in [0.2, 0.25) is 0 Å². The van der Waals surface area contributed by atoms with Crippen LogP contribution in [0.15, 0.2) is 91.4 Å². The molecule has 3 heteroatoms. The monoisotopic (exact) mass is 363 g/mol. The van der Waals surface area contributed by atoms with Crippen molar-refractivity contribution in [2.24, 2.45) is 0 Å². The highest BCUT2D eigenvalue weighted by Crippen LogP contribution is 2.29. The highest BCUT2D eigenvalue weighted by molar-refractivity contribution is 5.37. The van der Waals surface area contributed by atoms with Gasteiger partial charge in [0.15, 0.2) is 0 Å². The van der Waals surface area contributed by atoms with Crippen LogP contribution in [0.4, 0.5) is 0 Å². The highest BCUT2D eigenvalue weighted by Gasteiger charge is 2.19. The lowest BCUT2D eigenvalue weighted by molar-refractivity contribution is 0.649. The molecule has 1 aromatic heterocycles. The minimum Gasteiger partial charge on any atom is -0.323 e. The molecule has 0 radical (unpaired) electrons. The van der Waals surface area contributed by atoms with Gasteiger partial charge >= 0.3 is 0 Å². The van der Waals surface area contributed by atoms with Gasteiger partial charge in [-0.3, -0.25) is 0 Å². The lowest BCUT2D eigenvalue weighted by Gasteiger charge is -2.22. The molecule has 4 rings (SSSR count). The first-order valence-corrected chi connectivity index (χ1v) is 9.36. The Morgan fingerprint density at radius 3 is 2.25 bits per heavy atom. The SMILES string of the molecule is Cc1ccc(C(c2ccccc2)n2cncc2Cc2ccc(C#N)cc2)cc1. The van der Waals surface area contributed by atoms with Crippen LogP contribution in [0.5, 0.6) is 0 Å². The summed E-state index contributed by atoms with van der Waals surface area (Å²) in [7, 11) is 0. The Morgan fingerprint density at radius 1 is 0.893 bits per heavy atom. The molecule has 1 atom stereocenters. The van der Waals surface area contributed by atoms with Gasteiger partial charge in [-0.25, -0.2) is 4.98 Å². The fourth-order valence-corrected chi connectivity index (χ4v) is 3.51. The standard InChI is InChI=1S/C25H21N3/c1-19-7-13-23(14-8-19)25(22-5-3-2-4-6-22)28-18-27-17-24(28)15-20-9-11-21(16-26)12-10-20/h2-14,17-18,25H,15H2,1H3. The van der Waals surface area contributed by atoms with Gasteiger partial charge in [0, 0.05) is 18.3 Å². The first kappa shape index (κ1) is 17.8. The van der Waals surface area contributed by atoms with Crippen LogP contribution in [0.1, 0.15) is 39.6 Å². The van der Waals surface area contributed by atoms with Crippen molar-refractivity contribution in [3.63, 3.8) is 0 Å². The van der Waals surface area contributed by atoms with Crippen LogP contribution in [0, 0.1) is 18.3 Å². The lowest BCUT2D eigenvalue weighted by atomic mass is 9.97. The number of aryl methyl sites for hydroxylation is 1. The Bertz CT molecular complexity index is 1090. The van der Waals surface area contributed by atoms with E-state index in [9.17, 15) is 0 Å². The number of aromatic nitrogens is 2. The molecule has 4 aromatic rings. The molecule has 0 fully saturated rings. The molecule has 0 aliphatic carbocycles. The second-order valence-corrected chi connectivity index (χ2v) is 7.00. The highest BCUT2D eigenvalue weighted by atomic mass is 15.1. The fraction of sp³-hybridized carbons (Fsp3) is 0.120. The van der Waals surface area contributed by atoms with Crippen LogP contribution in [-0.2, 0) is 6.42 Å². The Labute approximate surface area is 165 Å².